The molecule has 2 aromatic rings. The van der Waals surface area contributed by atoms with Crippen molar-refractivity contribution in [3.63, 3.8) is 0 Å². The Balaban J connectivity index is 1.99. The highest BCUT2D eigenvalue weighted by molar-refractivity contribution is 5.85. The molecule has 3 N–H and O–H groups in total. The molecule has 0 spiro atoms. The van der Waals surface area contributed by atoms with Crippen molar-refractivity contribution in [2.24, 2.45) is 5.73 Å². The van der Waals surface area contributed by atoms with Gasteiger partial charge in [0.2, 0.25) is 0 Å². The minimum atomic E-state index is 0.263. The number of benzene rings is 1. The Bertz CT molecular complexity index is 568. The lowest BCUT2D eigenvalue weighted by atomic mass is 9.88. The maximum absolute atomic E-state index is 6.15. The molecule has 2 unspecified atom stereocenters. The topological polar surface area (TPSA) is 54.3 Å². The Kier molecular flexibility index (Phi) is 3.21. The van der Waals surface area contributed by atoms with E-state index in [1.807, 2.05) is 6.07 Å². The predicted molar refractivity (Wildman–Crippen MR) is 77.7 cm³/mol. The van der Waals surface area contributed by atoms with E-state index in [1.54, 1.807) is 7.11 Å². The summed E-state index contributed by atoms with van der Waals surface area (Å²) in [5.41, 5.74) is 8.67. The Morgan fingerprint density at radius 3 is 2.95 bits per heavy atom. The van der Waals surface area contributed by atoms with Gasteiger partial charge in [-0.15, -0.1) is 0 Å². The van der Waals surface area contributed by atoms with Crippen LogP contribution in [0, 0.1) is 0 Å². The number of aromatic nitrogens is 1. The third-order valence-corrected chi connectivity index (χ3v) is 4.03. The molecule has 19 heavy (non-hydrogen) atoms. The van der Waals surface area contributed by atoms with Crippen LogP contribution in [0.15, 0.2) is 24.4 Å². The number of hydrogen-bond donors (Lipinski definition) is 2. The van der Waals surface area contributed by atoms with E-state index >= 15 is 0 Å². The molecule has 3 rings (SSSR count). The van der Waals surface area contributed by atoms with Crippen molar-refractivity contribution in [3.8, 4) is 5.75 Å². The number of rotatable bonds is 2. The second-order valence-corrected chi connectivity index (χ2v) is 5.57. The minimum absolute atomic E-state index is 0.263. The van der Waals surface area contributed by atoms with Crippen LogP contribution in [-0.2, 0) is 0 Å². The van der Waals surface area contributed by atoms with Crippen LogP contribution < -0.4 is 10.5 Å². The summed E-state index contributed by atoms with van der Waals surface area (Å²) in [7, 11) is 3.85. The lowest BCUT2D eigenvalue weighted by Gasteiger charge is -2.33. The van der Waals surface area contributed by atoms with Gasteiger partial charge >= 0.3 is 0 Å². The standard InChI is InChI=1S/C15H21N3O/c1-18-8-10(5-11(16)9-18)14-7-17-15-4-3-12(19-2)6-13(14)15/h3-4,6-7,10-11,17H,5,8-9,16H2,1-2H3. The average molecular weight is 259 g/mol. The van der Waals surface area contributed by atoms with Crippen LogP contribution in [0.4, 0.5) is 0 Å². The zero-order valence-corrected chi connectivity index (χ0v) is 11.5. The van der Waals surface area contributed by atoms with Gasteiger partial charge in [-0.1, -0.05) is 0 Å². The molecule has 0 bridgehead atoms. The fourth-order valence-corrected chi connectivity index (χ4v) is 3.18. The number of nitrogens with one attached hydrogen (secondary N) is 1. The van der Waals surface area contributed by atoms with Crippen molar-refractivity contribution in [3.05, 3.63) is 30.0 Å². The van der Waals surface area contributed by atoms with Gasteiger partial charge in [-0.25, -0.2) is 0 Å². The minimum Gasteiger partial charge on any atom is -0.497 e. The molecule has 4 heteroatoms. The number of ether oxygens (including phenoxy) is 1. The van der Waals surface area contributed by atoms with Gasteiger partial charge in [-0.05, 0) is 37.2 Å². The zero-order chi connectivity index (χ0) is 13.4. The quantitative estimate of drug-likeness (QED) is 0.866. The summed E-state index contributed by atoms with van der Waals surface area (Å²) >= 11 is 0. The molecule has 1 aromatic heterocycles. The predicted octanol–water partition coefficient (Wildman–Crippen LogP) is 1.92. The first-order valence-electron chi connectivity index (χ1n) is 6.76. The van der Waals surface area contributed by atoms with Crippen LogP contribution in [0.1, 0.15) is 17.9 Å². The molecule has 1 aromatic carbocycles. The molecule has 1 aliphatic rings. The van der Waals surface area contributed by atoms with Crippen molar-refractivity contribution in [1.82, 2.24) is 9.88 Å². The number of aromatic amines is 1. The number of hydrogen-bond acceptors (Lipinski definition) is 3. The van der Waals surface area contributed by atoms with Crippen LogP contribution >= 0.6 is 0 Å². The van der Waals surface area contributed by atoms with Gasteiger partial charge in [0.05, 0.1) is 7.11 Å². The smallest absolute Gasteiger partial charge is 0.119 e. The third kappa shape index (κ3) is 2.33. The molecular weight excluding hydrogens is 238 g/mol. The fraction of sp³-hybridized carbons (Fsp3) is 0.467. The summed E-state index contributed by atoms with van der Waals surface area (Å²) in [5, 5.41) is 1.26. The first-order valence-corrected chi connectivity index (χ1v) is 6.76. The van der Waals surface area contributed by atoms with Crippen LogP contribution in [0.25, 0.3) is 10.9 Å². The largest absolute Gasteiger partial charge is 0.497 e. The lowest BCUT2D eigenvalue weighted by molar-refractivity contribution is 0.227. The number of H-pyrrole nitrogens is 1. The van der Waals surface area contributed by atoms with E-state index in [0.29, 0.717) is 5.92 Å². The van der Waals surface area contributed by atoms with Gasteiger partial charge in [-0.2, -0.15) is 0 Å². The van der Waals surface area contributed by atoms with E-state index in [-0.39, 0.29) is 6.04 Å². The summed E-state index contributed by atoms with van der Waals surface area (Å²) < 4.78 is 5.33. The number of fused-ring (bicyclic) bond motifs is 1. The Morgan fingerprint density at radius 2 is 2.21 bits per heavy atom. The lowest BCUT2D eigenvalue weighted by Crippen LogP contribution is -2.44. The normalized spacial score (nSPS) is 24.8. The molecule has 0 saturated carbocycles. The second kappa shape index (κ2) is 4.87. The van der Waals surface area contributed by atoms with Crippen molar-refractivity contribution in [2.45, 2.75) is 18.4 Å². The molecule has 102 valence electrons. The number of piperidine rings is 1. The molecule has 4 nitrogen and oxygen atoms in total. The Hall–Kier alpha value is -1.52. The molecule has 1 fully saturated rings. The Morgan fingerprint density at radius 1 is 1.37 bits per heavy atom. The number of nitrogens with zero attached hydrogens (tertiary/aromatic N) is 1. The summed E-state index contributed by atoms with van der Waals surface area (Å²) in [4.78, 5) is 5.67. The maximum atomic E-state index is 6.15. The number of nitrogens with two attached hydrogens (primary N) is 1. The van der Waals surface area contributed by atoms with Crippen LogP contribution in [0.2, 0.25) is 0 Å². The van der Waals surface area contributed by atoms with Gasteiger partial charge in [0.1, 0.15) is 5.75 Å². The van der Waals surface area contributed by atoms with Gasteiger partial charge in [0.25, 0.3) is 0 Å². The van der Waals surface area contributed by atoms with Crippen LogP contribution in [0.3, 0.4) is 0 Å². The first kappa shape index (κ1) is 12.5. The van der Waals surface area contributed by atoms with E-state index in [0.717, 1.165) is 30.8 Å². The van der Waals surface area contributed by atoms with Gasteiger partial charge in [0, 0.05) is 42.1 Å². The molecule has 1 saturated heterocycles. The first-order chi connectivity index (χ1) is 9.17. The Labute approximate surface area is 113 Å². The van der Waals surface area contributed by atoms with Crippen LogP contribution in [-0.4, -0.2) is 43.2 Å². The monoisotopic (exact) mass is 259 g/mol. The average Bonchev–Trinajstić information content (AvgIpc) is 2.80. The van der Waals surface area contributed by atoms with Crippen molar-refractivity contribution in [2.75, 3.05) is 27.2 Å². The molecule has 1 aliphatic heterocycles. The highest BCUT2D eigenvalue weighted by atomic mass is 16.5. The molecule has 2 atom stereocenters. The number of likely N-dealkylation sites (N-methyl/N-ethyl adjacent to an activating group) is 1. The molecule has 2 heterocycles. The number of methoxy groups -OCH3 is 1. The third-order valence-electron chi connectivity index (χ3n) is 4.03. The summed E-state index contributed by atoms with van der Waals surface area (Å²) in [5.74, 6) is 1.40. The summed E-state index contributed by atoms with van der Waals surface area (Å²) in [6.07, 6.45) is 3.18. The number of likely N-dealkylation sites (tertiary alicyclic amines) is 1. The van der Waals surface area contributed by atoms with E-state index in [1.165, 1.54) is 10.9 Å². The molecule has 0 radical (unpaired) electrons. The zero-order valence-electron chi connectivity index (χ0n) is 11.5. The molecule has 0 amide bonds. The van der Waals surface area contributed by atoms with Gasteiger partial charge < -0.3 is 20.4 Å². The fourth-order valence-electron chi connectivity index (χ4n) is 3.18. The van der Waals surface area contributed by atoms with E-state index in [2.05, 4.69) is 35.3 Å². The highest BCUT2D eigenvalue weighted by Gasteiger charge is 2.25. The SMILES string of the molecule is COc1ccc2[nH]cc(C3CC(N)CN(C)C3)c2c1. The maximum Gasteiger partial charge on any atom is 0.119 e. The van der Waals surface area contributed by atoms with E-state index < -0.39 is 0 Å². The van der Waals surface area contributed by atoms with Gasteiger partial charge in [-0.3, -0.25) is 0 Å². The van der Waals surface area contributed by atoms with Crippen molar-refractivity contribution in [1.29, 1.82) is 0 Å². The van der Waals surface area contributed by atoms with Crippen molar-refractivity contribution < 1.29 is 4.74 Å². The summed E-state index contributed by atoms with van der Waals surface area (Å²) in [6.45, 7) is 2.06. The van der Waals surface area contributed by atoms with E-state index in [9.17, 15) is 0 Å². The molecule has 0 aliphatic carbocycles. The second-order valence-electron chi connectivity index (χ2n) is 5.57. The van der Waals surface area contributed by atoms with Crippen molar-refractivity contribution >= 4 is 10.9 Å². The molecular formula is C15H21N3O. The van der Waals surface area contributed by atoms with E-state index in [4.69, 9.17) is 10.5 Å². The highest BCUT2D eigenvalue weighted by Crippen LogP contribution is 2.33. The van der Waals surface area contributed by atoms with Crippen LogP contribution in [0.5, 0.6) is 5.75 Å². The summed E-state index contributed by atoms with van der Waals surface area (Å²) in [6, 6.07) is 6.44. The van der Waals surface area contributed by atoms with Gasteiger partial charge in [0.15, 0.2) is 0 Å².